The molecule has 0 aliphatic rings. The quantitative estimate of drug-likeness (QED) is 0.363. The highest BCUT2D eigenvalue weighted by atomic mass is 32.2. The maximum absolute atomic E-state index is 12.5. The SMILES string of the molecule is CCn1c(COc2cc(C)ccc2C)nnc1SCC(=O)Nc1sc(C)cc1C(=O)OC. The first kappa shape index (κ1) is 23.8. The number of amides is 1. The third-order valence-electron chi connectivity index (χ3n) is 4.66. The summed E-state index contributed by atoms with van der Waals surface area (Å²) in [4.78, 5) is 25.3. The van der Waals surface area contributed by atoms with Crippen LogP contribution in [-0.4, -0.2) is 39.5 Å². The normalized spacial score (nSPS) is 10.8. The Hall–Kier alpha value is -2.85. The van der Waals surface area contributed by atoms with E-state index in [4.69, 9.17) is 9.47 Å². The summed E-state index contributed by atoms with van der Waals surface area (Å²) < 4.78 is 12.7. The first-order valence-corrected chi connectivity index (χ1v) is 11.9. The van der Waals surface area contributed by atoms with E-state index in [0.717, 1.165) is 21.8 Å². The van der Waals surface area contributed by atoms with Crippen LogP contribution in [0.3, 0.4) is 0 Å². The predicted octanol–water partition coefficient (Wildman–Crippen LogP) is 4.38. The summed E-state index contributed by atoms with van der Waals surface area (Å²) in [5.74, 6) is 0.931. The largest absolute Gasteiger partial charge is 0.485 e. The molecule has 2 aromatic heterocycles. The molecule has 0 aliphatic heterocycles. The Morgan fingerprint density at radius 2 is 1.97 bits per heavy atom. The van der Waals surface area contributed by atoms with E-state index in [0.29, 0.717) is 28.1 Å². The summed E-state index contributed by atoms with van der Waals surface area (Å²) >= 11 is 2.62. The fourth-order valence-electron chi connectivity index (χ4n) is 3.02. The fourth-order valence-corrected chi connectivity index (χ4v) is 4.75. The van der Waals surface area contributed by atoms with Crippen molar-refractivity contribution in [3.63, 3.8) is 0 Å². The lowest BCUT2D eigenvalue weighted by atomic mass is 10.1. The molecule has 0 unspecified atom stereocenters. The van der Waals surface area contributed by atoms with Crippen LogP contribution in [0.1, 0.15) is 39.1 Å². The van der Waals surface area contributed by atoms with Crippen molar-refractivity contribution < 1.29 is 19.1 Å². The topological polar surface area (TPSA) is 95.3 Å². The van der Waals surface area contributed by atoms with Gasteiger partial charge in [-0.25, -0.2) is 4.79 Å². The average Bonchev–Trinajstić information content (AvgIpc) is 3.34. The summed E-state index contributed by atoms with van der Waals surface area (Å²) in [6, 6.07) is 7.77. The number of anilines is 1. The van der Waals surface area contributed by atoms with E-state index in [2.05, 4.69) is 15.5 Å². The van der Waals surface area contributed by atoms with Crippen molar-refractivity contribution >= 4 is 40.0 Å². The molecule has 8 nitrogen and oxygen atoms in total. The van der Waals surface area contributed by atoms with Crippen LogP contribution in [0.15, 0.2) is 29.4 Å². The van der Waals surface area contributed by atoms with Gasteiger partial charge in [-0.05, 0) is 51.0 Å². The number of nitrogens with zero attached hydrogens (tertiary/aromatic N) is 3. The molecular weight excluding hydrogens is 448 g/mol. The van der Waals surface area contributed by atoms with Crippen molar-refractivity contribution in [2.75, 3.05) is 18.2 Å². The van der Waals surface area contributed by atoms with Crippen molar-refractivity contribution in [2.24, 2.45) is 0 Å². The first-order valence-electron chi connectivity index (χ1n) is 10.1. The van der Waals surface area contributed by atoms with Gasteiger partial charge in [0.05, 0.1) is 18.4 Å². The van der Waals surface area contributed by atoms with Gasteiger partial charge < -0.3 is 19.4 Å². The molecule has 170 valence electrons. The lowest BCUT2D eigenvalue weighted by Gasteiger charge is -2.11. The lowest BCUT2D eigenvalue weighted by Crippen LogP contribution is -2.16. The number of carbonyl (C=O) groups excluding carboxylic acids is 2. The minimum Gasteiger partial charge on any atom is -0.485 e. The van der Waals surface area contributed by atoms with Gasteiger partial charge in [-0.2, -0.15) is 0 Å². The number of aromatic nitrogens is 3. The zero-order valence-electron chi connectivity index (χ0n) is 18.7. The van der Waals surface area contributed by atoms with Crippen LogP contribution in [0, 0.1) is 20.8 Å². The zero-order chi connectivity index (χ0) is 23.3. The van der Waals surface area contributed by atoms with Crippen LogP contribution in [0.5, 0.6) is 5.75 Å². The highest BCUT2D eigenvalue weighted by molar-refractivity contribution is 7.99. The highest BCUT2D eigenvalue weighted by Gasteiger charge is 2.19. The molecule has 0 saturated heterocycles. The van der Waals surface area contributed by atoms with Gasteiger partial charge in [0.2, 0.25) is 5.91 Å². The first-order chi connectivity index (χ1) is 15.3. The third kappa shape index (κ3) is 5.68. The van der Waals surface area contributed by atoms with Crippen molar-refractivity contribution in [1.82, 2.24) is 14.8 Å². The number of carbonyl (C=O) groups is 2. The Bertz CT molecular complexity index is 1120. The number of thiophene rings is 1. The Morgan fingerprint density at radius 3 is 2.69 bits per heavy atom. The Morgan fingerprint density at radius 1 is 1.19 bits per heavy atom. The van der Waals surface area contributed by atoms with Gasteiger partial charge in [-0.1, -0.05) is 23.9 Å². The number of methoxy groups -OCH3 is 1. The van der Waals surface area contributed by atoms with Gasteiger partial charge in [-0.3, -0.25) is 4.79 Å². The number of esters is 1. The lowest BCUT2D eigenvalue weighted by molar-refractivity contribution is -0.113. The van der Waals surface area contributed by atoms with Crippen molar-refractivity contribution in [2.45, 2.75) is 46.0 Å². The number of hydrogen-bond donors (Lipinski definition) is 1. The van der Waals surface area contributed by atoms with Gasteiger partial charge in [0.15, 0.2) is 11.0 Å². The second-order valence-electron chi connectivity index (χ2n) is 7.13. The number of ether oxygens (including phenoxy) is 2. The van der Waals surface area contributed by atoms with E-state index < -0.39 is 5.97 Å². The second kappa shape index (κ2) is 10.6. The maximum atomic E-state index is 12.5. The third-order valence-corrected chi connectivity index (χ3v) is 6.59. The molecule has 3 rings (SSSR count). The van der Waals surface area contributed by atoms with Gasteiger partial charge in [0, 0.05) is 11.4 Å². The smallest absolute Gasteiger partial charge is 0.340 e. The number of nitrogens with one attached hydrogen (secondary N) is 1. The molecule has 3 aromatic rings. The van der Waals surface area contributed by atoms with E-state index in [1.807, 2.05) is 50.5 Å². The standard InChI is InChI=1S/C22H26N4O4S2/c1-6-26-18(11-30-17-9-13(2)7-8-14(17)3)24-25-22(26)31-12-19(27)23-20-16(21(28)29-5)10-15(4)32-20/h7-10H,6,11-12H2,1-5H3,(H,23,27). The summed E-state index contributed by atoms with van der Waals surface area (Å²) in [6.07, 6.45) is 0. The van der Waals surface area contributed by atoms with Crippen LogP contribution >= 0.6 is 23.1 Å². The van der Waals surface area contributed by atoms with E-state index in [-0.39, 0.29) is 18.3 Å². The number of hydrogen-bond acceptors (Lipinski definition) is 8. The molecule has 0 spiro atoms. The van der Waals surface area contributed by atoms with Crippen molar-refractivity contribution in [3.8, 4) is 5.75 Å². The minimum atomic E-state index is -0.475. The number of thioether (sulfide) groups is 1. The fraction of sp³-hybridized carbons (Fsp3) is 0.364. The molecule has 0 radical (unpaired) electrons. The van der Waals surface area contributed by atoms with Crippen molar-refractivity contribution in [3.05, 3.63) is 51.7 Å². The molecule has 0 fully saturated rings. The Kier molecular flexibility index (Phi) is 7.92. The van der Waals surface area contributed by atoms with Crippen LogP contribution in [-0.2, 0) is 22.7 Å². The van der Waals surface area contributed by atoms with Crippen LogP contribution in [0.4, 0.5) is 5.00 Å². The van der Waals surface area contributed by atoms with Gasteiger partial charge >= 0.3 is 5.97 Å². The summed E-state index contributed by atoms with van der Waals surface area (Å²) in [5.41, 5.74) is 2.54. The van der Waals surface area contributed by atoms with Gasteiger partial charge in [0.25, 0.3) is 0 Å². The molecule has 10 heteroatoms. The van der Waals surface area contributed by atoms with Crippen LogP contribution in [0.25, 0.3) is 0 Å². The van der Waals surface area contributed by atoms with Crippen molar-refractivity contribution in [1.29, 1.82) is 0 Å². The van der Waals surface area contributed by atoms with E-state index >= 15 is 0 Å². The molecule has 1 amide bonds. The molecule has 1 N–H and O–H groups in total. The second-order valence-corrected chi connectivity index (χ2v) is 9.33. The Balaban J connectivity index is 1.62. The van der Waals surface area contributed by atoms with Gasteiger partial charge in [-0.15, -0.1) is 21.5 Å². The molecule has 1 aromatic carbocycles. The van der Waals surface area contributed by atoms with E-state index in [9.17, 15) is 9.59 Å². The highest BCUT2D eigenvalue weighted by Crippen LogP contribution is 2.29. The molecule has 0 bridgehead atoms. The summed E-state index contributed by atoms with van der Waals surface area (Å²) in [6.45, 7) is 8.82. The number of rotatable bonds is 9. The summed E-state index contributed by atoms with van der Waals surface area (Å²) in [5, 5.41) is 12.4. The average molecular weight is 475 g/mol. The molecule has 2 heterocycles. The summed E-state index contributed by atoms with van der Waals surface area (Å²) in [7, 11) is 1.32. The zero-order valence-corrected chi connectivity index (χ0v) is 20.4. The Labute approximate surface area is 195 Å². The van der Waals surface area contributed by atoms with E-state index in [1.54, 1.807) is 6.07 Å². The monoisotopic (exact) mass is 474 g/mol. The maximum Gasteiger partial charge on any atom is 0.340 e. The molecule has 32 heavy (non-hydrogen) atoms. The molecule has 0 saturated carbocycles. The molecule has 0 aliphatic carbocycles. The number of aryl methyl sites for hydroxylation is 3. The molecular formula is C22H26N4O4S2. The molecule has 0 atom stereocenters. The van der Waals surface area contributed by atoms with Crippen LogP contribution < -0.4 is 10.1 Å². The van der Waals surface area contributed by atoms with Crippen LogP contribution in [0.2, 0.25) is 0 Å². The minimum absolute atomic E-state index is 0.132. The number of benzene rings is 1. The van der Waals surface area contributed by atoms with E-state index in [1.165, 1.54) is 30.2 Å². The van der Waals surface area contributed by atoms with Gasteiger partial charge in [0.1, 0.15) is 17.4 Å². The predicted molar refractivity (Wildman–Crippen MR) is 126 cm³/mol.